The molecule has 0 heterocycles. The van der Waals surface area contributed by atoms with E-state index < -0.39 is 18.5 Å². The molecule has 1 rings (SSSR count). The fourth-order valence-corrected chi connectivity index (χ4v) is 1.37. The number of nitrogens with zero attached hydrogens (tertiary/aromatic N) is 1. The van der Waals surface area contributed by atoms with Crippen LogP contribution in [0, 0.1) is 11.3 Å². The van der Waals surface area contributed by atoms with Crippen LogP contribution in [-0.2, 0) is 14.3 Å². The van der Waals surface area contributed by atoms with Crippen LogP contribution >= 0.6 is 0 Å². The SMILES string of the molecule is C=CCOC(=O)/C(C#N)=C/c1ccccc1OCC(=O)[O-]. The second kappa shape index (κ2) is 8.17. The van der Waals surface area contributed by atoms with Crippen LogP contribution in [0.25, 0.3) is 6.08 Å². The van der Waals surface area contributed by atoms with Gasteiger partial charge in [0, 0.05) is 5.56 Å². The number of esters is 1. The van der Waals surface area contributed by atoms with Crippen LogP contribution < -0.4 is 9.84 Å². The number of carbonyl (C=O) groups is 2. The van der Waals surface area contributed by atoms with Crippen molar-refractivity contribution in [2.45, 2.75) is 0 Å². The lowest BCUT2D eigenvalue weighted by molar-refractivity contribution is -0.307. The predicted octanol–water partition coefficient (Wildman–Crippen LogP) is 0.451. The van der Waals surface area contributed by atoms with Crippen molar-refractivity contribution in [1.82, 2.24) is 0 Å². The molecule has 0 spiro atoms. The molecule has 0 radical (unpaired) electrons. The van der Waals surface area contributed by atoms with Crippen LogP contribution in [-0.4, -0.2) is 25.2 Å². The summed E-state index contributed by atoms with van der Waals surface area (Å²) in [7, 11) is 0. The molecular formula is C15H12NO5-. The molecule has 0 aliphatic heterocycles. The van der Waals surface area contributed by atoms with Gasteiger partial charge >= 0.3 is 5.97 Å². The molecule has 0 N–H and O–H groups in total. The molecule has 1 aromatic rings. The van der Waals surface area contributed by atoms with Crippen molar-refractivity contribution in [3.8, 4) is 11.8 Å². The zero-order valence-corrected chi connectivity index (χ0v) is 11.1. The van der Waals surface area contributed by atoms with Crippen LogP contribution in [0.15, 0.2) is 42.5 Å². The Kier molecular flexibility index (Phi) is 6.22. The average Bonchev–Trinajstić information content (AvgIpc) is 2.48. The van der Waals surface area contributed by atoms with Crippen LogP contribution in [0.5, 0.6) is 5.75 Å². The van der Waals surface area contributed by atoms with Gasteiger partial charge in [-0.2, -0.15) is 5.26 Å². The third-order valence-electron chi connectivity index (χ3n) is 2.24. The molecule has 0 unspecified atom stereocenters. The maximum Gasteiger partial charge on any atom is 0.349 e. The average molecular weight is 286 g/mol. The smallest absolute Gasteiger partial charge is 0.349 e. The Morgan fingerprint density at radius 2 is 2.10 bits per heavy atom. The molecule has 1 aromatic carbocycles. The lowest BCUT2D eigenvalue weighted by Gasteiger charge is -2.09. The lowest BCUT2D eigenvalue weighted by atomic mass is 10.1. The van der Waals surface area contributed by atoms with Crippen LogP contribution in [0.3, 0.4) is 0 Å². The summed E-state index contributed by atoms with van der Waals surface area (Å²) in [6.07, 6.45) is 2.64. The monoisotopic (exact) mass is 286 g/mol. The van der Waals surface area contributed by atoms with Gasteiger partial charge in [0.15, 0.2) is 0 Å². The summed E-state index contributed by atoms with van der Waals surface area (Å²) in [5, 5.41) is 19.4. The highest BCUT2D eigenvalue weighted by atomic mass is 16.5. The van der Waals surface area contributed by atoms with E-state index in [9.17, 15) is 14.7 Å². The van der Waals surface area contributed by atoms with Gasteiger partial charge in [0.25, 0.3) is 0 Å². The van der Waals surface area contributed by atoms with Crippen molar-refractivity contribution in [2.24, 2.45) is 0 Å². The molecule has 0 saturated carbocycles. The summed E-state index contributed by atoms with van der Waals surface area (Å²) in [6, 6.07) is 8.09. The summed E-state index contributed by atoms with van der Waals surface area (Å²) < 4.78 is 9.78. The van der Waals surface area contributed by atoms with E-state index in [0.29, 0.717) is 5.56 Å². The molecule has 0 aliphatic carbocycles. The number of para-hydroxylation sites is 1. The summed E-state index contributed by atoms with van der Waals surface area (Å²) in [6.45, 7) is 2.75. The third kappa shape index (κ3) is 5.20. The van der Waals surface area contributed by atoms with Gasteiger partial charge in [-0.1, -0.05) is 30.9 Å². The van der Waals surface area contributed by atoms with Gasteiger partial charge in [-0.05, 0) is 12.1 Å². The fraction of sp³-hybridized carbons (Fsp3) is 0.133. The van der Waals surface area contributed by atoms with Crippen LogP contribution in [0.1, 0.15) is 5.56 Å². The lowest BCUT2D eigenvalue weighted by Crippen LogP contribution is -2.29. The van der Waals surface area contributed by atoms with Crippen molar-refractivity contribution in [3.63, 3.8) is 0 Å². The highest BCUT2D eigenvalue weighted by Gasteiger charge is 2.11. The summed E-state index contributed by atoms with van der Waals surface area (Å²) in [5.74, 6) is -1.96. The van der Waals surface area contributed by atoms with Gasteiger partial charge in [-0.25, -0.2) is 4.79 Å². The van der Waals surface area contributed by atoms with E-state index >= 15 is 0 Å². The highest BCUT2D eigenvalue weighted by molar-refractivity contribution is 5.98. The van der Waals surface area contributed by atoms with Crippen molar-refractivity contribution in [2.75, 3.05) is 13.2 Å². The highest BCUT2D eigenvalue weighted by Crippen LogP contribution is 2.21. The molecule has 0 bridgehead atoms. The van der Waals surface area contributed by atoms with Crippen molar-refractivity contribution >= 4 is 18.0 Å². The number of nitriles is 1. The molecule has 0 aromatic heterocycles. The summed E-state index contributed by atoms with van der Waals surface area (Å²) in [4.78, 5) is 22.0. The number of hydrogen-bond acceptors (Lipinski definition) is 6. The fourth-order valence-electron chi connectivity index (χ4n) is 1.37. The van der Waals surface area contributed by atoms with Crippen molar-refractivity contribution in [3.05, 3.63) is 48.1 Å². The Morgan fingerprint density at radius 1 is 1.38 bits per heavy atom. The van der Waals surface area contributed by atoms with E-state index in [-0.39, 0.29) is 17.9 Å². The minimum Gasteiger partial charge on any atom is -0.546 e. The molecule has 6 heteroatoms. The molecule has 0 aliphatic rings. The Balaban J connectivity index is 3.00. The van der Waals surface area contributed by atoms with Gasteiger partial charge in [0.1, 0.15) is 30.6 Å². The zero-order valence-electron chi connectivity index (χ0n) is 11.1. The number of carboxylic acids is 1. The molecule has 0 amide bonds. The number of carbonyl (C=O) groups excluding carboxylic acids is 2. The first kappa shape index (κ1) is 16.0. The van der Waals surface area contributed by atoms with E-state index in [1.165, 1.54) is 18.2 Å². The number of benzene rings is 1. The first-order chi connectivity index (χ1) is 10.1. The molecule has 21 heavy (non-hydrogen) atoms. The first-order valence-corrected chi connectivity index (χ1v) is 5.90. The van der Waals surface area contributed by atoms with Gasteiger partial charge in [-0.3, -0.25) is 0 Å². The number of aliphatic carboxylic acids is 1. The zero-order chi connectivity index (χ0) is 15.7. The van der Waals surface area contributed by atoms with E-state index in [1.54, 1.807) is 24.3 Å². The van der Waals surface area contributed by atoms with Gasteiger partial charge in [0.05, 0.1) is 5.97 Å². The number of hydrogen-bond donors (Lipinski definition) is 0. The van der Waals surface area contributed by atoms with Gasteiger partial charge in [-0.15, -0.1) is 0 Å². The molecule has 0 atom stereocenters. The maximum absolute atomic E-state index is 11.6. The van der Waals surface area contributed by atoms with Crippen LogP contribution in [0.4, 0.5) is 0 Å². The Morgan fingerprint density at radius 3 is 2.71 bits per heavy atom. The molecular weight excluding hydrogens is 274 g/mol. The standard InChI is InChI=1S/C15H13NO5/c1-2-7-20-15(19)12(9-16)8-11-5-3-4-6-13(11)21-10-14(17)18/h2-6,8H,1,7,10H2,(H,17,18)/p-1/b12-8+. The van der Waals surface area contributed by atoms with E-state index in [2.05, 4.69) is 6.58 Å². The molecule has 6 nitrogen and oxygen atoms in total. The maximum atomic E-state index is 11.6. The van der Waals surface area contributed by atoms with E-state index in [4.69, 9.17) is 14.7 Å². The summed E-state index contributed by atoms with van der Waals surface area (Å²) in [5.41, 5.74) is 0.146. The minimum atomic E-state index is -1.38. The number of carboxylic acid groups (broad SMARTS) is 1. The second-order valence-corrected chi connectivity index (χ2v) is 3.76. The summed E-state index contributed by atoms with van der Waals surface area (Å²) >= 11 is 0. The minimum absolute atomic E-state index is 0.0132. The molecule has 108 valence electrons. The molecule has 0 saturated heterocycles. The first-order valence-electron chi connectivity index (χ1n) is 5.90. The van der Waals surface area contributed by atoms with Crippen molar-refractivity contribution in [1.29, 1.82) is 5.26 Å². The molecule has 0 fully saturated rings. The van der Waals surface area contributed by atoms with E-state index in [0.717, 1.165) is 0 Å². The Bertz CT molecular complexity index is 613. The van der Waals surface area contributed by atoms with Crippen molar-refractivity contribution < 1.29 is 24.2 Å². The Labute approximate surface area is 121 Å². The van der Waals surface area contributed by atoms with Gasteiger partial charge in [0.2, 0.25) is 0 Å². The van der Waals surface area contributed by atoms with E-state index in [1.807, 2.05) is 0 Å². The topological polar surface area (TPSA) is 99.5 Å². The quantitative estimate of drug-likeness (QED) is 0.312. The van der Waals surface area contributed by atoms with Gasteiger partial charge < -0.3 is 19.4 Å². The number of ether oxygens (including phenoxy) is 2. The number of rotatable bonds is 7. The third-order valence-corrected chi connectivity index (χ3v) is 2.24. The van der Waals surface area contributed by atoms with Crippen LogP contribution in [0.2, 0.25) is 0 Å². The second-order valence-electron chi connectivity index (χ2n) is 3.76. The largest absolute Gasteiger partial charge is 0.546 e. The predicted molar refractivity (Wildman–Crippen MR) is 71.7 cm³/mol. The Hall–Kier alpha value is -3.07. The normalized spacial score (nSPS) is 10.3.